The average Bonchev–Trinajstić information content (AvgIpc) is 3.30. The molecule has 2 aromatic carbocycles. The van der Waals surface area contributed by atoms with Gasteiger partial charge in [0, 0.05) is 17.3 Å². The molecule has 282 valence electrons. The summed E-state index contributed by atoms with van der Waals surface area (Å²) in [6.07, 6.45) is 4.71. The monoisotopic (exact) mass is 775 g/mol. The van der Waals surface area contributed by atoms with Gasteiger partial charge in [0.05, 0.1) is 28.9 Å². The number of esters is 2. The van der Waals surface area contributed by atoms with E-state index in [1.165, 1.54) is 18.2 Å². The molecule has 52 heavy (non-hydrogen) atoms. The van der Waals surface area contributed by atoms with Gasteiger partial charge in [0.25, 0.3) is 6.07 Å². The lowest BCUT2D eigenvalue weighted by Gasteiger charge is -2.37. The maximum absolute atomic E-state index is 15.2. The second-order valence-electron chi connectivity index (χ2n) is 14.4. The Hall–Kier alpha value is -3.66. The minimum absolute atomic E-state index is 0.0191. The third-order valence-electron chi connectivity index (χ3n) is 9.47. The SMILES string of the molecule is CCOC(=O)COc1c(C(=O)OC(C)(C)C)sc(-c2ccc(F)c([N+]#CC3CCCC(CC)(CCS(=O)(=O)Cc4cccc(N)c4)C(C)C3)c2)c1Cl. The third-order valence-corrected chi connectivity index (χ3v) is 12.7. The fourth-order valence-corrected chi connectivity index (χ4v) is 9.69. The van der Waals surface area contributed by atoms with Crippen LogP contribution < -0.4 is 10.5 Å². The van der Waals surface area contributed by atoms with Gasteiger partial charge in [-0.25, -0.2) is 18.0 Å². The van der Waals surface area contributed by atoms with Crippen LogP contribution in [0.1, 0.15) is 95.3 Å². The van der Waals surface area contributed by atoms with Crippen molar-refractivity contribution in [1.29, 1.82) is 0 Å². The zero-order chi connectivity index (χ0) is 38.3. The number of ether oxygens (including phenoxy) is 3. The molecule has 3 aromatic rings. The van der Waals surface area contributed by atoms with Crippen molar-refractivity contribution < 1.29 is 36.6 Å². The summed E-state index contributed by atoms with van der Waals surface area (Å²) in [4.78, 5) is 30.1. The highest BCUT2D eigenvalue weighted by Crippen LogP contribution is 2.48. The van der Waals surface area contributed by atoms with Crippen molar-refractivity contribution in [3.05, 3.63) is 68.6 Å². The number of nitrogens with zero attached hydrogens (tertiary/aromatic N) is 1. The van der Waals surface area contributed by atoms with Crippen molar-refractivity contribution in [3.63, 3.8) is 0 Å². The van der Waals surface area contributed by atoms with Crippen LogP contribution in [0.2, 0.25) is 5.02 Å². The zero-order valence-electron chi connectivity index (χ0n) is 30.7. The van der Waals surface area contributed by atoms with Crippen molar-refractivity contribution in [2.24, 2.45) is 17.3 Å². The first-order chi connectivity index (χ1) is 24.5. The van der Waals surface area contributed by atoms with Crippen LogP contribution in [0.4, 0.5) is 15.8 Å². The van der Waals surface area contributed by atoms with E-state index in [4.69, 9.17) is 31.5 Å². The molecular weight excluding hydrogens is 727 g/mol. The number of nitrogen functional groups attached to an aromatic ring is 1. The fourth-order valence-electron chi connectivity index (χ4n) is 6.70. The minimum atomic E-state index is -3.35. The highest BCUT2D eigenvalue weighted by Gasteiger charge is 2.39. The molecule has 0 spiro atoms. The Labute approximate surface area is 315 Å². The molecule has 4 rings (SSSR count). The number of sulfone groups is 1. The quantitative estimate of drug-likeness (QED) is 0.110. The first kappa shape index (κ1) is 41.1. The highest BCUT2D eigenvalue weighted by molar-refractivity contribution is 7.90. The molecule has 2 N–H and O–H groups in total. The maximum Gasteiger partial charge on any atom is 0.376 e. The predicted molar refractivity (Wildman–Crippen MR) is 206 cm³/mol. The Kier molecular flexibility index (Phi) is 13.8. The second kappa shape index (κ2) is 17.4. The summed E-state index contributed by atoms with van der Waals surface area (Å²) in [5, 5.41) is 0.0732. The summed E-state index contributed by atoms with van der Waals surface area (Å²) in [5.41, 5.74) is 6.68. The van der Waals surface area contributed by atoms with Crippen LogP contribution in [0.5, 0.6) is 5.75 Å². The lowest BCUT2D eigenvalue weighted by molar-refractivity contribution is -0.145. The van der Waals surface area contributed by atoms with Crippen molar-refractivity contribution in [3.8, 4) is 22.3 Å². The number of nitrogens with two attached hydrogens (primary N) is 1. The molecule has 0 aliphatic heterocycles. The van der Waals surface area contributed by atoms with Gasteiger partial charge in [0.2, 0.25) is 5.82 Å². The Morgan fingerprint density at radius 2 is 1.92 bits per heavy atom. The van der Waals surface area contributed by atoms with E-state index in [2.05, 4.69) is 24.8 Å². The Morgan fingerprint density at radius 1 is 1.17 bits per heavy atom. The number of hydrogen-bond donors (Lipinski definition) is 1. The number of hydrogen-bond acceptors (Lipinski definition) is 9. The van der Waals surface area contributed by atoms with E-state index < -0.39 is 39.8 Å². The van der Waals surface area contributed by atoms with Crippen molar-refractivity contribution in [2.75, 3.05) is 24.7 Å². The minimum Gasteiger partial charge on any atom is -0.479 e. The van der Waals surface area contributed by atoms with E-state index in [9.17, 15) is 18.0 Å². The van der Waals surface area contributed by atoms with Gasteiger partial charge in [0.1, 0.15) is 10.6 Å². The number of halogens is 2. The van der Waals surface area contributed by atoms with Gasteiger partial charge >= 0.3 is 17.6 Å². The molecule has 0 amide bonds. The van der Waals surface area contributed by atoms with Crippen molar-refractivity contribution >= 4 is 56.1 Å². The molecule has 0 radical (unpaired) electrons. The van der Waals surface area contributed by atoms with E-state index in [0.717, 1.165) is 43.4 Å². The Balaban J connectivity index is 1.54. The first-order valence-electron chi connectivity index (χ1n) is 17.6. The molecule has 13 heteroatoms. The van der Waals surface area contributed by atoms with E-state index >= 15 is 4.39 Å². The van der Waals surface area contributed by atoms with Gasteiger partial charge < -0.3 is 19.9 Å². The third kappa shape index (κ3) is 10.9. The molecule has 1 saturated carbocycles. The number of anilines is 1. The molecule has 1 aromatic heterocycles. The number of benzene rings is 2. The molecule has 0 saturated heterocycles. The molecule has 1 aliphatic rings. The molecule has 9 nitrogen and oxygen atoms in total. The summed E-state index contributed by atoms with van der Waals surface area (Å²) >= 11 is 7.76. The van der Waals surface area contributed by atoms with E-state index in [1.54, 1.807) is 52.0 Å². The summed E-state index contributed by atoms with van der Waals surface area (Å²) in [5.74, 6) is -1.68. The molecule has 1 fully saturated rings. The van der Waals surface area contributed by atoms with Crippen LogP contribution in [-0.2, 0) is 29.9 Å². The fraction of sp³-hybridized carbons (Fsp3) is 0.513. The van der Waals surface area contributed by atoms with Gasteiger partial charge in [-0.1, -0.05) is 56.5 Å². The highest BCUT2D eigenvalue weighted by atomic mass is 35.5. The predicted octanol–water partition coefficient (Wildman–Crippen LogP) is 9.88. The molecule has 3 unspecified atom stereocenters. The van der Waals surface area contributed by atoms with E-state index in [1.807, 2.05) is 0 Å². The van der Waals surface area contributed by atoms with Gasteiger partial charge in [0.15, 0.2) is 27.1 Å². The number of carbonyl (C=O) groups is 2. The Morgan fingerprint density at radius 3 is 2.60 bits per heavy atom. The summed E-state index contributed by atoms with van der Waals surface area (Å²) in [6, 6.07) is 14.5. The molecule has 0 bridgehead atoms. The molecular formula is C39H49ClFN2O7S2+. The maximum atomic E-state index is 15.2. The average molecular weight is 776 g/mol. The van der Waals surface area contributed by atoms with Crippen LogP contribution in [0, 0.1) is 29.1 Å². The Bertz CT molecular complexity index is 1930. The lowest BCUT2D eigenvalue weighted by Crippen LogP contribution is -2.31. The lowest BCUT2D eigenvalue weighted by atomic mass is 9.68. The topological polar surface area (TPSA) is 126 Å². The van der Waals surface area contributed by atoms with Crippen LogP contribution in [-0.4, -0.2) is 44.9 Å². The normalized spacial score (nSPS) is 19.2. The summed E-state index contributed by atoms with van der Waals surface area (Å²) in [7, 11) is -3.35. The zero-order valence-corrected chi connectivity index (χ0v) is 33.1. The van der Waals surface area contributed by atoms with Crippen LogP contribution >= 0.6 is 22.9 Å². The number of rotatable bonds is 12. The van der Waals surface area contributed by atoms with Gasteiger partial charge in [-0.15, -0.1) is 11.3 Å². The van der Waals surface area contributed by atoms with Crippen molar-refractivity contribution in [1.82, 2.24) is 0 Å². The van der Waals surface area contributed by atoms with Crippen LogP contribution in [0.15, 0.2) is 42.5 Å². The first-order valence-corrected chi connectivity index (χ1v) is 20.6. The number of thiophene rings is 1. The molecule has 1 aliphatic carbocycles. The largest absolute Gasteiger partial charge is 0.479 e. The standard InChI is InChI=1S/C39H49ClFN2O7S2/c1-7-39(17-18-52(46,47)24-27-11-9-13-29(42)20-27)16-10-12-26(19-25(39)3)22-43-31-21-28(14-15-30(31)41)35-33(40)34(49-23-32(44)48-8-2)36(51-35)37(45)50-38(4,5)6/h9,11,13-15,20-21,25-26H,7-8,10,12,16-19,23-24,42H2,1-6H3/q+1. The van der Waals surface area contributed by atoms with Crippen LogP contribution in [0.3, 0.4) is 0 Å². The van der Waals surface area contributed by atoms with E-state index in [-0.39, 0.29) is 56.7 Å². The van der Waals surface area contributed by atoms with Gasteiger partial charge in [-0.3, -0.25) is 0 Å². The molecule has 3 atom stereocenters. The van der Waals surface area contributed by atoms with Crippen LogP contribution in [0.25, 0.3) is 15.3 Å². The van der Waals surface area contributed by atoms with Crippen molar-refractivity contribution in [2.45, 2.75) is 91.4 Å². The molecule has 1 heterocycles. The number of carbonyl (C=O) groups excluding carboxylic acids is 2. The van der Waals surface area contributed by atoms with E-state index in [0.29, 0.717) is 28.1 Å². The van der Waals surface area contributed by atoms with Gasteiger partial charge in [-0.2, -0.15) is 4.39 Å². The summed E-state index contributed by atoms with van der Waals surface area (Å²) < 4.78 is 57.6. The summed E-state index contributed by atoms with van der Waals surface area (Å²) in [6.45, 7) is 10.8. The van der Waals surface area contributed by atoms with Gasteiger partial charge in [-0.05, 0) is 93.3 Å². The second-order valence-corrected chi connectivity index (χ2v) is 18.0. The smallest absolute Gasteiger partial charge is 0.376 e.